The van der Waals surface area contributed by atoms with Crippen LogP contribution >= 0.6 is 0 Å². The average molecular weight is 205 g/mol. The van der Waals surface area contributed by atoms with Crippen LogP contribution in [0.1, 0.15) is 12.1 Å². The van der Waals surface area contributed by atoms with E-state index in [1.807, 2.05) is 18.2 Å². The maximum absolute atomic E-state index is 5.49. The van der Waals surface area contributed by atoms with Gasteiger partial charge in [0.05, 0.1) is 12.6 Å². The normalized spacial score (nSPS) is 10.8. The summed E-state index contributed by atoms with van der Waals surface area (Å²) < 4.78 is 5.18. The quantitative estimate of drug-likeness (QED) is 0.794. The molecule has 0 saturated heterocycles. The third kappa shape index (κ3) is 1.94. The number of benzene rings is 1. The Hall–Kier alpha value is -1.55. The lowest BCUT2D eigenvalue weighted by molar-refractivity contribution is 0.415. The first-order valence-electron chi connectivity index (χ1n) is 5.06. The Morgan fingerprint density at radius 3 is 3.07 bits per heavy atom. The van der Waals surface area contributed by atoms with Gasteiger partial charge in [0.2, 0.25) is 0 Å². The van der Waals surface area contributed by atoms with Gasteiger partial charge in [-0.2, -0.15) is 5.10 Å². The molecule has 80 valence electrons. The molecule has 1 aromatic heterocycles. The lowest BCUT2D eigenvalue weighted by atomic mass is 10.1. The first kappa shape index (κ1) is 9.98. The highest BCUT2D eigenvalue weighted by Crippen LogP contribution is 2.22. The minimum absolute atomic E-state index is 0.699. The molecule has 0 fully saturated rings. The second kappa shape index (κ2) is 4.31. The van der Waals surface area contributed by atoms with Gasteiger partial charge in [-0.15, -0.1) is 0 Å². The smallest absolute Gasteiger partial charge is 0.119 e. The number of methoxy groups -OCH3 is 1. The summed E-state index contributed by atoms with van der Waals surface area (Å²) in [5.41, 5.74) is 7.59. The number of nitrogens with zero attached hydrogens (tertiary/aromatic N) is 1. The lowest BCUT2D eigenvalue weighted by Gasteiger charge is -2.00. The highest BCUT2D eigenvalue weighted by Gasteiger charge is 2.05. The number of rotatable bonds is 4. The van der Waals surface area contributed by atoms with Crippen molar-refractivity contribution in [3.05, 3.63) is 23.9 Å². The van der Waals surface area contributed by atoms with Crippen molar-refractivity contribution in [1.29, 1.82) is 0 Å². The molecule has 0 bridgehead atoms. The molecule has 4 nitrogen and oxygen atoms in total. The number of aromatic nitrogens is 2. The number of ether oxygens (including phenoxy) is 1. The molecule has 2 rings (SSSR count). The van der Waals surface area contributed by atoms with Crippen molar-refractivity contribution in [3.63, 3.8) is 0 Å². The molecule has 3 N–H and O–H groups in total. The first-order chi connectivity index (χ1) is 7.35. The van der Waals surface area contributed by atoms with Gasteiger partial charge in [-0.25, -0.2) is 0 Å². The maximum Gasteiger partial charge on any atom is 0.119 e. The third-order valence-corrected chi connectivity index (χ3v) is 2.47. The molecule has 0 amide bonds. The van der Waals surface area contributed by atoms with E-state index in [0.29, 0.717) is 6.54 Å². The zero-order chi connectivity index (χ0) is 10.7. The van der Waals surface area contributed by atoms with Crippen LogP contribution in [0.3, 0.4) is 0 Å². The second-order valence-corrected chi connectivity index (χ2v) is 3.48. The Balaban J connectivity index is 2.38. The number of fused-ring (bicyclic) bond motifs is 1. The molecular weight excluding hydrogens is 190 g/mol. The van der Waals surface area contributed by atoms with E-state index < -0.39 is 0 Å². The standard InChI is InChI=1S/C11H15N3O/c1-15-8-4-5-11-9(7-8)10(13-14-11)3-2-6-12/h4-5,7H,2-3,6,12H2,1H3,(H,13,14). The van der Waals surface area contributed by atoms with Crippen molar-refractivity contribution in [1.82, 2.24) is 10.2 Å². The lowest BCUT2D eigenvalue weighted by Crippen LogP contribution is -2.00. The van der Waals surface area contributed by atoms with Crippen molar-refractivity contribution >= 4 is 10.9 Å². The van der Waals surface area contributed by atoms with Crippen molar-refractivity contribution < 1.29 is 4.74 Å². The van der Waals surface area contributed by atoms with Crippen LogP contribution in [0.2, 0.25) is 0 Å². The van der Waals surface area contributed by atoms with E-state index in [4.69, 9.17) is 10.5 Å². The summed E-state index contributed by atoms with van der Waals surface area (Å²) >= 11 is 0. The molecular formula is C11H15N3O. The SMILES string of the molecule is COc1ccc2n[nH]c(CCCN)c2c1. The minimum atomic E-state index is 0.699. The Kier molecular flexibility index (Phi) is 2.87. The molecule has 0 spiro atoms. The van der Waals surface area contributed by atoms with Crippen molar-refractivity contribution in [2.45, 2.75) is 12.8 Å². The molecule has 1 aromatic carbocycles. The van der Waals surface area contributed by atoms with Crippen molar-refractivity contribution in [3.8, 4) is 5.75 Å². The highest BCUT2D eigenvalue weighted by molar-refractivity contribution is 5.82. The van der Waals surface area contributed by atoms with Crippen LogP contribution in [0, 0.1) is 0 Å². The van der Waals surface area contributed by atoms with E-state index in [-0.39, 0.29) is 0 Å². The molecule has 0 radical (unpaired) electrons. The molecule has 0 saturated carbocycles. The zero-order valence-electron chi connectivity index (χ0n) is 8.79. The van der Waals surface area contributed by atoms with Gasteiger partial charge in [-0.3, -0.25) is 5.10 Å². The average Bonchev–Trinajstić information content (AvgIpc) is 2.68. The van der Waals surface area contributed by atoms with Gasteiger partial charge >= 0.3 is 0 Å². The largest absolute Gasteiger partial charge is 0.497 e. The molecule has 0 aliphatic heterocycles. The molecule has 0 aliphatic rings. The Labute approximate surface area is 88.4 Å². The number of hydrogen-bond acceptors (Lipinski definition) is 3. The molecule has 1 heterocycles. The summed E-state index contributed by atoms with van der Waals surface area (Å²) in [6, 6.07) is 5.87. The molecule has 0 unspecified atom stereocenters. The van der Waals surface area contributed by atoms with Crippen LogP contribution < -0.4 is 10.5 Å². The van der Waals surface area contributed by atoms with Crippen LogP contribution in [-0.2, 0) is 6.42 Å². The summed E-state index contributed by atoms with van der Waals surface area (Å²) in [6.07, 6.45) is 1.90. The maximum atomic E-state index is 5.49. The van der Waals surface area contributed by atoms with E-state index >= 15 is 0 Å². The van der Waals surface area contributed by atoms with Gasteiger partial charge in [-0.05, 0) is 37.6 Å². The molecule has 0 aliphatic carbocycles. The van der Waals surface area contributed by atoms with E-state index in [0.717, 1.165) is 35.2 Å². The van der Waals surface area contributed by atoms with Crippen molar-refractivity contribution in [2.75, 3.05) is 13.7 Å². The summed E-state index contributed by atoms with van der Waals surface area (Å²) in [4.78, 5) is 0. The summed E-state index contributed by atoms with van der Waals surface area (Å²) in [5.74, 6) is 0.859. The Morgan fingerprint density at radius 1 is 1.47 bits per heavy atom. The summed E-state index contributed by atoms with van der Waals surface area (Å²) in [5, 5.41) is 8.39. The topological polar surface area (TPSA) is 63.9 Å². The van der Waals surface area contributed by atoms with Crippen LogP contribution in [0.15, 0.2) is 18.2 Å². The second-order valence-electron chi connectivity index (χ2n) is 3.48. The van der Waals surface area contributed by atoms with Crippen LogP contribution in [-0.4, -0.2) is 23.9 Å². The van der Waals surface area contributed by atoms with Gasteiger partial charge in [0.15, 0.2) is 0 Å². The monoisotopic (exact) mass is 205 g/mol. The fourth-order valence-electron chi connectivity index (χ4n) is 1.64. The highest BCUT2D eigenvalue weighted by atomic mass is 16.5. The van der Waals surface area contributed by atoms with Crippen molar-refractivity contribution in [2.24, 2.45) is 5.73 Å². The van der Waals surface area contributed by atoms with E-state index in [2.05, 4.69) is 10.2 Å². The first-order valence-corrected chi connectivity index (χ1v) is 5.06. The number of H-pyrrole nitrogens is 1. The van der Waals surface area contributed by atoms with Crippen LogP contribution in [0.4, 0.5) is 0 Å². The van der Waals surface area contributed by atoms with Gasteiger partial charge in [0.25, 0.3) is 0 Å². The van der Waals surface area contributed by atoms with E-state index in [1.54, 1.807) is 7.11 Å². The Morgan fingerprint density at radius 2 is 2.33 bits per heavy atom. The van der Waals surface area contributed by atoms with Gasteiger partial charge < -0.3 is 10.5 Å². The Bertz CT molecular complexity index is 450. The van der Waals surface area contributed by atoms with Gasteiger partial charge in [0.1, 0.15) is 5.75 Å². The van der Waals surface area contributed by atoms with Crippen LogP contribution in [0.25, 0.3) is 10.9 Å². The van der Waals surface area contributed by atoms with Gasteiger partial charge in [0, 0.05) is 11.1 Å². The minimum Gasteiger partial charge on any atom is -0.497 e. The number of nitrogens with one attached hydrogen (secondary N) is 1. The zero-order valence-corrected chi connectivity index (χ0v) is 8.79. The molecule has 2 aromatic rings. The fraction of sp³-hybridized carbons (Fsp3) is 0.364. The molecule has 0 atom stereocenters. The molecule has 4 heteroatoms. The molecule has 15 heavy (non-hydrogen) atoms. The van der Waals surface area contributed by atoms with E-state index in [1.165, 1.54) is 0 Å². The number of aromatic amines is 1. The fourth-order valence-corrected chi connectivity index (χ4v) is 1.64. The summed E-state index contributed by atoms with van der Waals surface area (Å²) in [7, 11) is 1.67. The predicted octanol–water partition coefficient (Wildman–Crippen LogP) is 1.46. The summed E-state index contributed by atoms with van der Waals surface area (Å²) in [6.45, 7) is 0.699. The number of hydrogen-bond donors (Lipinski definition) is 2. The van der Waals surface area contributed by atoms with Gasteiger partial charge in [-0.1, -0.05) is 0 Å². The predicted molar refractivity (Wildman–Crippen MR) is 60.0 cm³/mol. The number of nitrogens with two attached hydrogens (primary N) is 1. The van der Waals surface area contributed by atoms with Crippen LogP contribution in [0.5, 0.6) is 5.75 Å². The third-order valence-electron chi connectivity index (χ3n) is 2.47. The van der Waals surface area contributed by atoms with E-state index in [9.17, 15) is 0 Å². The number of aryl methyl sites for hydroxylation is 1.